The summed E-state index contributed by atoms with van der Waals surface area (Å²) in [6.45, 7) is 4.52. The Labute approximate surface area is 262 Å². The van der Waals surface area contributed by atoms with Gasteiger partial charge in [-0.25, -0.2) is 0 Å². The summed E-state index contributed by atoms with van der Waals surface area (Å²) in [6.07, 6.45) is 17.1. The number of rotatable bonds is 29. The highest BCUT2D eigenvalue weighted by Crippen LogP contribution is 2.22. The largest absolute Gasteiger partial charge is 0.457 e. The number of esters is 1. The Hall–Kier alpha value is -0.810. The van der Waals surface area contributed by atoms with Gasteiger partial charge in [-0.05, 0) is 12.8 Å². The third-order valence-electron chi connectivity index (χ3n) is 8.27. The first-order chi connectivity index (χ1) is 20.9. The van der Waals surface area contributed by atoms with E-state index in [4.69, 9.17) is 18.9 Å². The summed E-state index contributed by atoms with van der Waals surface area (Å²) >= 11 is 0. The molecule has 0 bridgehead atoms. The number of hydrogen-bond acceptors (Lipinski definition) is 9. The van der Waals surface area contributed by atoms with E-state index >= 15 is 0 Å². The fourth-order valence-electron chi connectivity index (χ4n) is 5.43. The molecule has 0 amide bonds. The molecular formula is C34H66O9. The van der Waals surface area contributed by atoms with Crippen molar-refractivity contribution in [3.63, 3.8) is 0 Å². The highest BCUT2D eigenvalue weighted by atomic mass is 16.7. The Morgan fingerprint density at radius 3 is 1.65 bits per heavy atom. The first-order valence-electron chi connectivity index (χ1n) is 17.6. The molecule has 43 heavy (non-hydrogen) atoms. The molecule has 6 unspecified atom stereocenters. The third kappa shape index (κ3) is 20.0. The Morgan fingerprint density at radius 1 is 0.651 bits per heavy atom. The van der Waals surface area contributed by atoms with E-state index in [1.165, 1.54) is 96.3 Å². The number of carbonyl (C=O) groups is 1. The highest BCUT2D eigenvalue weighted by Gasteiger charge is 2.44. The van der Waals surface area contributed by atoms with Crippen LogP contribution in [0.25, 0.3) is 0 Å². The summed E-state index contributed by atoms with van der Waals surface area (Å²) < 4.78 is 22.6. The molecule has 1 aliphatic heterocycles. The van der Waals surface area contributed by atoms with Crippen LogP contribution in [0.15, 0.2) is 0 Å². The SMILES string of the molecule is CCCCCCCCCCCCCCOCC(COC1OC(CO)C(O)C(O)C1O)OC(=O)CCCCCCCCCC. The van der Waals surface area contributed by atoms with Crippen LogP contribution in [0.2, 0.25) is 0 Å². The second kappa shape index (κ2) is 27.5. The van der Waals surface area contributed by atoms with Gasteiger partial charge < -0.3 is 39.4 Å². The molecule has 9 nitrogen and oxygen atoms in total. The maximum atomic E-state index is 12.6. The molecule has 0 radical (unpaired) electrons. The molecule has 1 aliphatic rings. The monoisotopic (exact) mass is 618 g/mol. The van der Waals surface area contributed by atoms with Crippen LogP contribution in [-0.2, 0) is 23.7 Å². The molecule has 0 aliphatic carbocycles. The molecule has 4 N–H and O–H groups in total. The zero-order valence-electron chi connectivity index (χ0n) is 27.5. The minimum atomic E-state index is -1.53. The molecule has 1 saturated heterocycles. The number of unbranched alkanes of at least 4 members (excludes halogenated alkanes) is 18. The topological polar surface area (TPSA) is 135 Å². The molecule has 0 saturated carbocycles. The van der Waals surface area contributed by atoms with Crippen molar-refractivity contribution in [3.05, 3.63) is 0 Å². The normalized spacial score (nSPS) is 23.0. The van der Waals surface area contributed by atoms with E-state index in [1.807, 2.05) is 0 Å². The molecule has 1 rings (SSSR count). The van der Waals surface area contributed by atoms with Gasteiger partial charge in [-0.1, -0.05) is 129 Å². The van der Waals surface area contributed by atoms with Gasteiger partial charge in [-0.2, -0.15) is 0 Å². The first-order valence-corrected chi connectivity index (χ1v) is 17.6. The van der Waals surface area contributed by atoms with Gasteiger partial charge in [0.2, 0.25) is 0 Å². The number of carbonyl (C=O) groups excluding carboxylic acids is 1. The van der Waals surface area contributed by atoms with E-state index in [0.29, 0.717) is 13.0 Å². The van der Waals surface area contributed by atoms with Gasteiger partial charge >= 0.3 is 5.97 Å². The predicted octanol–water partition coefficient (Wildman–Crippen LogP) is 5.96. The zero-order chi connectivity index (χ0) is 31.5. The number of aliphatic hydroxyl groups is 4. The molecule has 1 heterocycles. The van der Waals surface area contributed by atoms with Crippen molar-refractivity contribution in [3.8, 4) is 0 Å². The molecule has 6 atom stereocenters. The maximum Gasteiger partial charge on any atom is 0.306 e. The fourth-order valence-corrected chi connectivity index (χ4v) is 5.43. The first kappa shape index (κ1) is 40.2. The minimum absolute atomic E-state index is 0.107. The van der Waals surface area contributed by atoms with Crippen LogP contribution in [-0.4, -0.2) is 89.6 Å². The standard InChI is InChI=1S/C34H66O9/c1-3-5-7-9-11-13-14-15-16-18-20-22-24-40-26-28(42-30(36)23-21-19-17-12-10-8-6-4-2)27-41-34-33(39)32(38)31(37)29(25-35)43-34/h28-29,31-35,37-39H,3-27H2,1-2H3. The molecule has 9 heteroatoms. The molecular weight excluding hydrogens is 552 g/mol. The van der Waals surface area contributed by atoms with Crippen LogP contribution >= 0.6 is 0 Å². The third-order valence-corrected chi connectivity index (χ3v) is 8.27. The van der Waals surface area contributed by atoms with Crippen molar-refractivity contribution in [2.45, 2.75) is 185 Å². The summed E-state index contributed by atoms with van der Waals surface area (Å²) in [5.74, 6) is -0.317. The van der Waals surface area contributed by atoms with Gasteiger partial charge in [0.15, 0.2) is 6.29 Å². The van der Waals surface area contributed by atoms with Crippen molar-refractivity contribution < 1.29 is 44.2 Å². The van der Waals surface area contributed by atoms with Crippen LogP contribution in [0.1, 0.15) is 149 Å². The quantitative estimate of drug-likeness (QED) is 0.0591. The molecule has 0 spiro atoms. The maximum absolute atomic E-state index is 12.6. The summed E-state index contributed by atoms with van der Waals surface area (Å²) in [5.41, 5.74) is 0. The Balaban J connectivity index is 2.35. The van der Waals surface area contributed by atoms with Gasteiger partial charge in [-0.3, -0.25) is 4.79 Å². The van der Waals surface area contributed by atoms with E-state index in [0.717, 1.165) is 32.1 Å². The van der Waals surface area contributed by atoms with E-state index in [1.54, 1.807) is 0 Å². The Morgan fingerprint density at radius 2 is 1.14 bits per heavy atom. The molecule has 0 aromatic carbocycles. The van der Waals surface area contributed by atoms with E-state index < -0.39 is 43.4 Å². The average molecular weight is 619 g/mol. The summed E-state index contributed by atoms with van der Waals surface area (Å²) in [5, 5.41) is 39.7. The van der Waals surface area contributed by atoms with Crippen LogP contribution < -0.4 is 0 Å². The fraction of sp³-hybridized carbons (Fsp3) is 0.971. The van der Waals surface area contributed by atoms with Gasteiger partial charge in [-0.15, -0.1) is 0 Å². The summed E-state index contributed by atoms with van der Waals surface area (Å²) in [4.78, 5) is 12.6. The predicted molar refractivity (Wildman–Crippen MR) is 169 cm³/mol. The van der Waals surface area contributed by atoms with Crippen LogP contribution in [0, 0.1) is 0 Å². The van der Waals surface area contributed by atoms with Crippen molar-refractivity contribution >= 4 is 5.97 Å². The van der Waals surface area contributed by atoms with E-state index in [2.05, 4.69) is 13.8 Å². The van der Waals surface area contributed by atoms with Gasteiger partial charge in [0.05, 0.1) is 19.8 Å². The number of ether oxygens (including phenoxy) is 4. The lowest BCUT2D eigenvalue weighted by atomic mass is 9.99. The van der Waals surface area contributed by atoms with Gasteiger partial charge in [0, 0.05) is 13.0 Å². The molecule has 1 fully saturated rings. The smallest absolute Gasteiger partial charge is 0.306 e. The zero-order valence-corrected chi connectivity index (χ0v) is 27.5. The number of aliphatic hydroxyl groups excluding tert-OH is 4. The van der Waals surface area contributed by atoms with E-state index in [9.17, 15) is 25.2 Å². The molecule has 256 valence electrons. The lowest BCUT2D eigenvalue weighted by Crippen LogP contribution is -2.59. The van der Waals surface area contributed by atoms with Crippen molar-refractivity contribution in [1.82, 2.24) is 0 Å². The van der Waals surface area contributed by atoms with Crippen molar-refractivity contribution in [1.29, 1.82) is 0 Å². The van der Waals surface area contributed by atoms with Gasteiger partial charge in [0.25, 0.3) is 0 Å². The highest BCUT2D eigenvalue weighted by molar-refractivity contribution is 5.69. The van der Waals surface area contributed by atoms with Gasteiger partial charge in [0.1, 0.15) is 30.5 Å². The second-order valence-corrected chi connectivity index (χ2v) is 12.3. The Bertz CT molecular complexity index is 633. The molecule has 0 aromatic heterocycles. The summed E-state index contributed by atoms with van der Waals surface area (Å²) in [6, 6.07) is 0. The Kier molecular flexibility index (Phi) is 25.7. The van der Waals surface area contributed by atoms with Crippen molar-refractivity contribution in [2.75, 3.05) is 26.4 Å². The lowest BCUT2D eigenvalue weighted by molar-refractivity contribution is -0.305. The van der Waals surface area contributed by atoms with Crippen molar-refractivity contribution in [2.24, 2.45) is 0 Å². The second-order valence-electron chi connectivity index (χ2n) is 12.3. The number of hydrogen-bond donors (Lipinski definition) is 4. The molecule has 0 aromatic rings. The average Bonchev–Trinajstić information content (AvgIpc) is 3.00. The summed E-state index contributed by atoms with van der Waals surface area (Å²) in [7, 11) is 0. The van der Waals surface area contributed by atoms with Crippen LogP contribution in [0.3, 0.4) is 0 Å². The van der Waals surface area contributed by atoms with Crippen LogP contribution in [0.4, 0.5) is 0 Å². The van der Waals surface area contributed by atoms with Crippen LogP contribution in [0.5, 0.6) is 0 Å². The minimum Gasteiger partial charge on any atom is -0.457 e. The lowest BCUT2D eigenvalue weighted by Gasteiger charge is -2.39. The van der Waals surface area contributed by atoms with E-state index in [-0.39, 0.29) is 19.2 Å².